The fraction of sp³-hybridized carbons (Fsp3) is 0.217. The number of aromatic nitrogens is 2. The van der Waals surface area contributed by atoms with Gasteiger partial charge in [-0.2, -0.15) is 0 Å². The van der Waals surface area contributed by atoms with Crippen LogP contribution in [0.5, 0.6) is 0 Å². The third-order valence-electron chi connectivity index (χ3n) is 5.27. The molecule has 2 heterocycles. The number of furan rings is 1. The SMILES string of the molecule is Cc1ccc2c(CC(=O)N[C@H](C)c3ccc(-n4ccnc4)cc3)coc2c1C. The molecule has 0 saturated heterocycles. The molecule has 1 amide bonds. The lowest BCUT2D eigenvalue weighted by Crippen LogP contribution is -2.28. The standard InChI is InChI=1S/C23H23N3O2/c1-15-4-9-21-19(13-28-23(21)16(15)2)12-22(27)25-17(3)18-5-7-20(8-6-18)26-11-10-24-14-26/h4-11,13-14,17H,12H2,1-3H3,(H,25,27)/t17-/m1/s1. The molecule has 0 unspecified atom stereocenters. The fourth-order valence-corrected chi connectivity index (χ4v) is 3.42. The van der Waals surface area contributed by atoms with E-state index in [4.69, 9.17) is 4.42 Å². The lowest BCUT2D eigenvalue weighted by atomic mass is 10.0. The molecule has 0 aliphatic rings. The number of carbonyl (C=O) groups is 1. The number of fused-ring (bicyclic) bond motifs is 1. The number of nitrogens with zero attached hydrogens (tertiary/aromatic N) is 2. The largest absolute Gasteiger partial charge is 0.464 e. The molecule has 4 aromatic rings. The summed E-state index contributed by atoms with van der Waals surface area (Å²) in [5.74, 6) is -0.0212. The summed E-state index contributed by atoms with van der Waals surface area (Å²) in [5.41, 5.74) is 6.18. The molecule has 0 aliphatic carbocycles. The van der Waals surface area contributed by atoms with E-state index in [1.807, 2.05) is 54.9 Å². The molecule has 0 saturated carbocycles. The first kappa shape index (κ1) is 18.0. The van der Waals surface area contributed by atoms with Crippen LogP contribution in [0.3, 0.4) is 0 Å². The van der Waals surface area contributed by atoms with Crippen molar-refractivity contribution >= 4 is 16.9 Å². The number of aryl methyl sites for hydroxylation is 2. The Balaban J connectivity index is 1.44. The van der Waals surface area contributed by atoms with Crippen LogP contribution in [0.15, 0.2) is 65.8 Å². The third kappa shape index (κ3) is 3.43. The molecule has 0 bridgehead atoms. The van der Waals surface area contributed by atoms with E-state index in [2.05, 4.69) is 23.3 Å². The van der Waals surface area contributed by atoms with Crippen LogP contribution < -0.4 is 5.32 Å². The summed E-state index contributed by atoms with van der Waals surface area (Å²) in [7, 11) is 0. The molecule has 0 radical (unpaired) electrons. The average Bonchev–Trinajstić information content (AvgIpc) is 3.35. The molecule has 0 spiro atoms. The van der Waals surface area contributed by atoms with E-state index in [1.54, 1.807) is 18.8 Å². The fourth-order valence-electron chi connectivity index (χ4n) is 3.42. The van der Waals surface area contributed by atoms with Crippen molar-refractivity contribution in [3.63, 3.8) is 0 Å². The van der Waals surface area contributed by atoms with Crippen molar-refractivity contribution in [1.29, 1.82) is 0 Å². The Morgan fingerprint density at radius 1 is 1.18 bits per heavy atom. The summed E-state index contributed by atoms with van der Waals surface area (Å²) in [5, 5.41) is 4.09. The number of rotatable bonds is 5. The number of benzene rings is 2. The highest BCUT2D eigenvalue weighted by molar-refractivity contribution is 5.89. The molecule has 0 fully saturated rings. The molecule has 2 aromatic heterocycles. The molecule has 28 heavy (non-hydrogen) atoms. The van der Waals surface area contributed by atoms with Gasteiger partial charge >= 0.3 is 0 Å². The van der Waals surface area contributed by atoms with Gasteiger partial charge in [0.15, 0.2) is 0 Å². The second kappa shape index (κ2) is 7.35. The van der Waals surface area contributed by atoms with Crippen molar-refractivity contribution in [2.45, 2.75) is 33.2 Å². The first-order valence-corrected chi connectivity index (χ1v) is 9.37. The predicted molar refractivity (Wildman–Crippen MR) is 110 cm³/mol. The van der Waals surface area contributed by atoms with Gasteiger partial charge in [-0.25, -0.2) is 4.98 Å². The van der Waals surface area contributed by atoms with Gasteiger partial charge in [-0.3, -0.25) is 4.79 Å². The molecule has 1 atom stereocenters. The lowest BCUT2D eigenvalue weighted by Gasteiger charge is -2.15. The first-order chi connectivity index (χ1) is 13.5. The molecule has 142 valence electrons. The van der Waals surface area contributed by atoms with Crippen LogP contribution in [0, 0.1) is 13.8 Å². The molecular weight excluding hydrogens is 350 g/mol. The quantitative estimate of drug-likeness (QED) is 0.554. The Morgan fingerprint density at radius 2 is 1.96 bits per heavy atom. The number of carbonyl (C=O) groups excluding carboxylic acids is 1. The minimum Gasteiger partial charge on any atom is -0.464 e. The number of imidazole rings is 1. The second-order valence-corrected chi connectivity index (χ2v) is 7.17. The van der Waals surface area contributed by atoms with Gasteiger partial charge in [-0.1, -0.05) is 24.3 Å². The van der Waals surface area contributed by atoms with Crippen molar-refractivity contribution in [3.05, 3.63) is 83.6 Å². The van der Waals surface area contributed by atoms with Crippen LogP contribution in [0.25, 0.3) is 16.7 Å². The zero-order chi connectivity index (χ0) is 19.7. The van der Waals surface area contributed by atoms with E-state index in [1.165, 1.54) is 5.56 Å². The Morgan fingerprint density at radius 3 is 2.68 bits per heavy atom. The van der Waals surface area contributed by atoms with Gasteiger partial charge in [0, 0.05) is 29.0 Å². The Bertz CT molecular complexity index is 1110. The van der Waals surface area contributed by atoms with E-state index in [0.717, 1.165) is 33.3 Å². The zero-order valence-corrected chi connectivity index (χ0v) is 16.3. The van der Waals surface area contributed by atoms with E-state index in [0.29, 0.717) is 6.42 Å². The summed E-state index contributed by atoms with van der Waals surface area (Å²) >= 11 is 0. The van der Waals surface area contributed by atoms with Crippen molar-refractivity contribution in [2.24, 2.45) is 0 Å². The predicted octanol–water partition coefficient (Wildman–Crippen LogP) is 4.66. The average molecular weight is 373 g/mol. The molecular formula is C23H23N3O2. The van der Waals surface area contributed by atoms with Gasteiger partial charge in [0.1, 0.15) is 5.58 Å². The van der Waals surface area contributed by atoms with Crippen LogP contribution in [-0.2, 0) is 11.2 Å². The minimum absolute atomic E-state index is 0.0212. The Kier molecular flexibility index (Phi) is 4.74. The van der Waals surface area contributed by atoms with E-state index in [-0.39, 0.29) is 11.9 Å². The van der Waals surface area contributed by atoms with E-state index in [9.17, 15) is 4.79 Å². The Hall–Kier alpha value is -3.34. The van der Waals surface area contributed by atoms with Crippen molar-refractivity contribution in [1.82, 2.24) is 14.9 Å². The lowest BCUT2D eigenvalue weighted by molar-refractivity contribution is -0.121. The summed E-state index contributed by atoms with van der Waals surface area (Å²) in [6.07, 6.45) is 7.41. The van der Waals surface area contributed by atoms with Gasteiger partial charge in [-0.15, -0.1) is 0 Å². The van der Waals surface area contributed by atoms with Gasteiger partial charge < -0.3 is 14.3 Å². The maximum Gasteiger partial charge on any atom is 0.225 e. The van der Waals surface area contributed by atoms with Crippen molar-refractivity contribution in [3.8, 4) is 5.69 Å². The summed E-state index contributed by atoms with van der Waals surface area (Å²) in [6, 6.07) is 12.1. The number of hydrogen-bond acceptors (Lipinski definition) is 3. The number of amides is 1. The van der Waals surface area contributed by atoms with Crippen LogP contribution in [0.4, 0.5) is 0 Å². The number of hydrogen-bond donors (Lipinski definition) is 1. The Labute approximate surface area is 164 Å². The maximum absolute atomic E-state index is 12.6. The maximum atomic E-state index is 12.6. The van der Waals surface area contributed by atoms with Gasteiger partial charge in [0.2, 0.25) is 5.91 Å². The van der Waals surface area contributed by atoms with E-state index >= 15 is 0 Å². The smallest absolute Gasteiger partial charge is 0.225 e. The molecule has 2 aromatic carbocycles. The topological polar surface area (TPSA) is 60.1 Å². The van der Waals surface area contributed by atoms with Crippen molar-refractivity contribution in [2.75, 3.05) is 0 Å². The second-order valence-electron chi connectivity index (χ2n) is 7.17. The van der Waals surface area contributed by atoms with Crippen LogP contribution in [-0.4, -0.2) is 15.5 Å². The molecule has 5 heteroatoms. The molecule has 1 N–H and O–H groups in total. The summed E-state index contributed by atoms with van der Waals surface area (Å²) in [4.78, 5) is 16.6. The van der Waals surface area contributed by atoms with Gasteiger partial charge in [0.25, 0.3) is 0 Å². The van der Waals surface area contributed by atoms with Crippen LogP contribution in [0.2, 0.25) is 0 Å². The van der Waals surface area contributed by atoms with Gasteiger partial charge in [-0.05, 0) is 49.6 Å². The van der Waals surface area contributed by atoms with Crippen LogP contribution >= 0.6 is 0 Å². The summed E-state index contributed by atoms with van der Waals surface area (Å²) in [6.45, 7) is 6.09. The van der Waals surface area contributed by atoms with Crippen molar-refractivity contribution < 1.29 is 9.21 Å². The zero-order valence-electron chi connectivity index (χ0n) is 16.3. The molecule has 5 nitrogen and oxygen atoms in total. The highest BCUT2D eigenvalue weighted by atomic mass is 16.3. The van der Waals surface area contributed by atoms with E-state index < -0.39 is 0 Å². The molecule has 0 aliphatic heterocycles. The summed E-state index contributed by atoms with van der Waals surface area (Å²) < 4.78 is 7.66. The normalized spacial score (nSPS) is 12.2. The highest BCUT2D eigenvalue weighted by Crippen LogP contribution is 2.27. The first-order valence-electron chi connectivity index (χ1n) is 9.37. The van der Waals surface area contributed by atoms with Crippen LogP contribution in [0.1, 0.15) is 35.2 Å². The highest BCUT2D eigenvalue weighted by Gasteiger charge is 2.15. The van der Waals surface area contributed by atoms with Gasteiger partial charge in [0.05, 0.1) is 25.1 Å². The third-order valence-corrected chi connectivity index (χ3v) is 5.27. The number of nitrogens with one attached hydrogen (secondary N) is 1. The monoisotopic (exact) mass is 373 g/mol. The molecule has 4 rings (SSSR count). The minimum atomic E-state index is -0.0773.